The third-order valence-corrected chi connectivity index (χ3v) is 4.32. The van der Waals surface area contributed by atoms with Crippen molar-refractivity contribution in [1.82, 2.24) is 25.6 Å². The summed E-state index contributed by atoms with van der Waals surface area (Å²) >= 11 is 11.4. The molecule has 0 saturated carbocycles. The van der Waals surface area contributed by atoms with Gasteiger partial charge in [-0.25, -0.2) is 4.68 Å². The molecule has 0 saturated heterocycles. The molecular weight excluding hydrogens is 370 g/mol. The van der Waals surface area contributed by atoms with Crippen LogP contribution in [0.5, 0.6) is 0 Å². The van der Waals surface area contributed by atoms with E-state index in [9.17, 15) is 0 Å². The topological polar surface area (TPSA) is 80.0 Å². The molecule has 1 heterocycles. The average Bonchev–Trinajstić information content (AvgIpc) is 3.18. The molecule has 2 aromatic carbocycles. The zero-order valence-electron chi connectivity index (χ0n) is 14.1. The smallest absolute Gasteiger partial charge is 0.191 e. The number of aromatic nitrogens is 4. The summed E-state index contributed by atoms with van der Waals surface area (Å²) in [7, 11) is 0. The molecule has 0 fully saturated rings. The van der Waals surface area contributed by atoms with Gasteiger partial charge in [0.1, 0.15) is 6.33 Å². The number of rotatable bonds is 4. The summed E-state index contributed by atoms with van der Waals surface area (Å²) in [5.74, 6) is 0. The second-order valence-corrected chi connectivity index (χ2v) is 6.30. The van der Waals surface area contributed by atoms with Crippen LogP contribution in [0, 0.1) is 6.92 Å². The van der Waals surface area contributed by atoms with E-state index in [0.29, 0.717) is 10.1 Å². The lowest BCUT2D eigenvalue weighted by Crippen LogP contribution is -2.25. The average molecular weight is 386 g/mol. The molecule has 0 radical (unpaired) electrons. The highest BCUT2D eigenvalue weighted by Gasteiger charge is 2.05. The Morgan fingerprint density at radius 1 is 1.23 bits per heavy atom. The van der Waals surface area contributed by atoms with Crippen molar-refractivity contribution in [3.8, 4) is 5.69 Å². The summed E-state index contributed by atoms with van der Waals surface area (Å²) in [4.78, 5) is 0. The van der Waals surface area contributed by atoms with Crippen LogP contribution in [-0.2, 0) is 0 Å². The van der Waals surface area contributed by atoms with E-state index in [2.05, 4.69) is 31.4 Å². The molecule has 0 amide bonds. The van der Waals surface area contributed by atoms with E-state index >= 15 is 0 Å². The molecule has 0 atom stereocenters. The van der Waals surface area contributed by atoms with Gasteiger partial charge in [0.2, 0.25) is 0 Å². The second-order valence-electron chi connectivity index (χ2n) is 5.48. The van der Waals surface area contributed by atoms with Gasteiger partial charge < -0.3 is 5.32 Å². The van der Waals surface area contributed by atoms with Crippen molar-refractivity contribution >= 4 is 40.3 Å². The van der Waals surface area contributed by atoms with Crippen LogP contribution in [-0.4, -0.2) is 31.0 Å². The predicted octanol–water partition coefficient (Wildman–Crippen LogP) is 3.33. The molecule has 0 aliphatic rings. The molecular formula is C17H16ClN7S. The van der Waals surface area contributed by atoms with Crippen LogP contribution >= 0.6 is 23.8 Å². The Kier molecular flexibility index (Phi) is 5.55. The van der Waals surface area contributed by atoms with E-state index in [4.69, 9.17) is 23.8 Å². The number of hydrogen-bond acceptors (Lipinski definition) is 5. The van der Waals surface area contributed by atoms with Gasteiger partial charge in [-0.2, -0.15) is 5.10 Å². The minimum absolute atomic E-state index is 0.381. The quantitative estimate of drug-likeness (QED) is 0.407. The van der Waals surface area contributed by atoms with Crippen molar-refractivity contribution < 1.29 is 0 Å². The first kappa shape index (κ1) is 18.0. The predicted molar refractivity (Wildman–Crippen MR) is 107 cm³/mol. The normalized spacial score (nSPS) is 11.3. The Balaban J connectivity index is 1.69. The van der Waals surface area contributed by atoms with Crippen molar-refractivity contribution in [2.45, 2.75) is 13.8 Å². The van der Waals surface area contributed by atoms with Crippen LogP contribution in [0.3, 0.4) is 0 Å². The Morgan fingerprint density at radius 3 is 2.81 bits per heavy atom. The summed E-state index contributed by atoms with van der Waals surface area (Å²) in [5, 5.41) is 19.6. The molecule has 132 valence electrons. The first-order valence-corrected chi connectivity index (χ1v) is 8.53. The van der Waals surface area contributed by atoms with Gasteiger partial charge in [0, 0.05) is 10.7 Å². The van der Waals surface area contributed by atoms with E-state index in [1.807, 2.05) is 56.3 Å². The van der Waals surface area contributed by atoms with Gasteiger partial charge in [0.25, 0.3) is 0 Å². The molecule has 0 aliphatic heterocycles. The maximum atomic E-state index is 6.11. The molecule has 9 heteroatoms. The van der Waals surface area contributed by atoms with E-state index in [1.54, 1.807) is 4.68 Å². The van der Waals surface area contributed by atoms with Crippen molar-refractivity contribution in [3.63, 3.8) is 0 Å². The highest BCUT2D eigenvalue weighted by Crippen LogP contribution is 2.22. The van der Waals surface area contributed by atoms with E-state index in [1.165, 1.54) is 6.33 Å². The largest absolute Gasteiger partial charge is 0.331 e. The number of halogens is 1. The van der Waals surface area contributed by atoms with Crippen molar-refractivity contribution in [2.24, 2.45) is 5.10 Å². The van der Waals surface area contributed by atoms with Crippen LogP contribution in [0.25, 0.3) is 5.69 Å². The van der Waals surface area contributed by atoms with Gasteiger partial charge in [-0.3, -0.25) is 5.43 Å². The van der Waals surface area contributed by atoms with E-state index in [0.717, 1.165) is 28.2 Å². The molecule has 0 aliphatic carbocycles. The minimum atomic E-state index is 0.381. The Bertz CT molecular complexity index is 954. The van der Waals surface area contributed by atoms with Crippen molar-refractivity contribution in [3.05, 3.63) is 64.9 Å². The molecule has 3 aromatic rings. The summed E-state index contributed by atoms with van der Waals surface area (Å²) in [6.07, 6.45) is 1.54. The number of nitrogens with zero attached hydrogens (tertiary/aromatic N) is 5. The molecule has 7 nitrogen and oxygen atoms in total. The fourth-order valence-corrected chi connectivity index (χ4v) is 2.58. The second kappa shape index (κ2) is 8.03. The third kappa shape index (κ3) is 4.22. The maximum Gasteiger partial charge on any atom is 0.191 e. The summed E-state index contributed by atoms with van der Waals surface area (Å²) in [5.41, 5.74) is 7.15. The van der Waals surface area contributed by atoms with E-state index < -0.39 is 0 Å². The number of anilines is 1. The molecule has 1 aromatic heterocycles. The zero-order chi connectivity index (χ0) is 18.5. The number of thiocarbonyl (C=S) groups is 1. The lowest BCUT2D eigenvalue weighted by Gasteiger charge is -2.11. The standard InChI is InChI=1S/C17H16ClN7S/c1-11-15(18)7-4-8-16(11)20-17(26)22-21-12(2)13-5-3-6-14(9-13)25-10-19-23-24-25/h3-10H,1-2H3,(H2,20,22,26)/b21-12-. The van der Waals surface area contributed by atoms with Gasteiger partial charge >= 0.3 is 0 Å². The number of hydrogen-bond donors (Lipinski definition) is 2. The van der Waals surface area contributed by atoms with Crippen LogP contribution in [0.15, 0.2) is 53.9 Å². The van der Waals surface area contributed by atoms with Crippen LogP contribution in [0.4, 0.5) is 5.69 Å². The maximum absolute atomic E-state index is 6.11. The first-order chi connectivity index (χ1) is 12.5. The molecule has 2 N–H and O–H groups in total. The summed E-state index contributed by atoms with van der Waals surface area (Å²) in [6, 6.07) is 13.3. The number of nitrogens with one attached hydrogen (secondary N) is 2. The number of hydrazone groups is 1. The number of benzene rings is 2. The molecule has 3 rings (SSSR count). The highest BCUT2D eigenvalue weighted by molar-refractivity contribution is 7.80. The molecule has 0 spiro atoms. The third-order valence-electron chi connectivity index (χ3n) is 3.72. The minimum Gasteiger partial charge on any atom is -0.331 e. The Morgan fingerprint density at radius 2 is 2.04 bits per heavy atom. The Labute approximate surface area is 161 Å². The van der Waals surface area contributed by atoms with Gasteiger partial charge in [-0.15, -0.1) is 5.10 Å². The zero-order valence-corrected chi connectivity index (χ0v) is 15.7. The molecule has 0 unspecified atom stereocenters. The van der Waals surface area contributed by atoms with Gasteiger partial charge in [-0.1, -0.05) is 29.8 Å². The van der Waals surface area contributed by atoms with Crippen LogP contribution in [0.1, 0.15) is 18.1 Å². The van der Waals surface area contributed by atoms with Gasteiger partial charge in [0.15, 0.2) is 5.11 Å². The Hall–Kier alpha value is -2.84. The van der Waals surface area contributed by atoms with Crippen LogP contribution in [0.2, 0.25) is 5.02 Å². The fourth-order valence-electron chi connectivity index (χ4n) is 2.25. The lowest BCUT2D eigenvalue weighted by molar-refractivity contribution is 0.789. The monoisotopic (exact) mass is 385 g/mol. The van der Waals surface area contributed by atoms with E-state index in [-0.39, 0.29) is 0 Å². The summed E-state index contributed by atoms with van der Waals surface area (Å²) in [6.45, 7) is 3.81. The van der Waals surface area contributed by atoms with Gasteiger partial charge in [-0.05, 0) is 71.9 Å². The van der Waals surface area contributed by atoms with Crippen LogP contribution < -0.4 is 10.7 Å². The molecule has 26 heavy (non-hydrogen) atoms. The van der Waals surface area contributed by atoms with Crippen molar-refractivity contribution in [1.29, 1.82) is 0 Å². The van der Waals surface area contributed by atoms with Crippen molar-refractivity contribution in [2.75, 3.05) is 5.32 Å². The summed E-state index contributed by atoms with van der Waals surface area (Å²) < 4.78 is 1.58. The highest BCUT2D eigenvalue weighted by atomic mass is 35.5. The SMILES string of the molecule is C/C(=N/NC(=S)Nc1cccc(Cl)c1C)c1cccc(-n2cnnn2)c1. The lowest BCUT2D eigenvalue weighted by atomic mass is 10.1. The first-order valence-electron chi connectivity index (χ1n) is 7.75. The fraction of sp³-hybridized carbons (Fsp3) is 0.118. The molecule has 0 bridgehead atoms. The van der Waals surface area contributed by atoms with Gasteiger partial charge in [0.05, 0.1) is 11.4 Å². The number of tetrazole rings is 1.